The molecule has 2 nitrogen and oxygen atoms in total. The molecular formula is C18H21FN2. The van der Waals surface area contributed by atoms with E-state index in [1.165, 1.54) is 17.3 Å². The minimum Gasteiger partial charge on any atom is -0.381 e. The SMILES string of the molecule is CC1Cc2ccccc2N(CCNc2ccccc2F)C1. The van der Waals surface area contributed by atoms with Crippen LogP contribution in [0.3, 0.4) is 0 Å². The topological polar surface area (TPSA) is 15.3 Å². The highest BCUT2D eigenvalue weighted by molar-refractivity contribution is 5.56. The first kappa shape index (κ1) is 13.9. The summed E-state index contributed by atoms with van der Waals surface area (Å²) >= 11 is 0. The van der Waals surface area contributed by atoms with Crippen LogP contribution in [0, 0.1) is 11.7 Å². The minimum absolute atomic E-state index is 0.190. The third kappa shape index (κ3) is 3.18. The molecule has 0 spiro atoms. The summed E-state index contributed by atoms with van der Waals surface area (Å²) in [4.78, 5) is 2.40. The summed E-state index contributed by atoms with van der Waals surface area (Å²) in [5.41, 5.74) is 3.32. The zero-order chi connectivity index (χ0) is 14.7. The van der Waals surface area contributed by atoms with Crippen LogP contribution in [-0.2, 0) is 6.42 Å². The molecule has 0 aliphatic carbocycles. The van der Waals surface area contributed by atoms with Crippen LogP contribution in [0.25, 0.3) is 0 Å². The summed E-state index contributed by atoms with van der Waals surface area (Å²) in [6.45, 7) is 4.97. The molecule has 2 aromatic carbocycles. The van der Waals surface area contributed by atoms with Crippen LogP contribution >= 0.6 is 0 Å². The third-order valence-corrected chi connectivity index (χ3v) is 4.00. The monoisotopic (exact) mass is 284 g/mol. The number of hydrogen-bond acceptors (Lipinski definition) is 2. The Labute approximate surface area is 125 Å². The number of rotatable bonds is 4. The number of hydrogen-bond donors (Lipinski definition) is 1. The van der Waals surface area contributed by atoms with Gasteiger partial charge in [-0.05, 0) is 36.1 Å². The first-order chi connectivity index (χ1) is 10.2. The van der Waals surface area contributed by atoms with E-state index in [0.717, 1.165) is 26.1 Å². The second kappa shape index (κ2) is 6.17. The van der Waals surface area contributed by atoms with E-state index in [-0.39, 0.29) is 5.82 Å². The third-order valence-electron chi connectivity index (χ3n) is 4.00. The zero-order valence-corrected chi connectivity index (χ0v) is 12.3. The molecule has 0 bridgehead atoms. The predicted octanol–water partition coefficient (Wildman–Crippen LogP) is 3.94. The van der Waals surface area contributed by atoms with Crippen LogP contribution in [-0.4, -0.2) is 19.6 Å². The van der Waals surface area contributed by atoms with Crippen LogP contribution in [0.4, 0.5) is 15.8 Å². The van der Waals surface area contributed by atoms with Gasteiger partial charge in [-0.1, -0.05) is 37.3 Å². The van der Waals surface area contributed by atoms with Gasteiger partial charge >= 0.3 is 0 Å². The van der Waals surface area contributed by atoms with Crippen molar-refractivity contribution in [3.05, 3.63) is 59.9 Å². The van der Waals surface area contributed by atoms with Crippen molar-refractivity contribution in [1.29, 1.82) is 0 Å². The molecule has 0 saturated carbocycles. The van der Waals surface area contributed by atoms with Crippen molar-refractivity contribution in [1.82, 2.24) is 0 Å². The van der Waals surface area contributed by atoms with Crippen LogP contribution in [0.15, 0.2) is 48.5 Å². The fourth-order valence-corrected chi connectivity index (χ4v) is 3.05. The molecule has 0 amide bonds. The van der Waals surface area contributed by atoms with E-state index in [0.29, 0.717) is 11.6 Å². The van der Waals surface area contributed by atoms with Gasteiger partial charge in [0.2, 0.25) is 0 Å². The summed E-state index contributed by atoms with van der Waals surface area (Å²) in [7, 11) is 0. The lowest BCUT2D eigenvalue weighted by molar-refractivity contribution is 0.535. The zero-order valence-electron chi connectivity index (χ0n) is 12.3. The number of nitrogens with zero attached hydrogens (tertiary/aromatic N) is 1. The van der Waals surface area contributed by atoms with Gasteiger partial charge in [0.15, 0.2) is 0 Å². The molecule has 0 fully saturated rings. The lowest BCUT2D eigenvalue weighted by atomic mass is 9.94. The van der Waals surface area contributed by atoms with Gasteiger partial charge in [-0.2, -0.15) is 0 Å². The highest BCUT2D eigenvalue weighted by atomic mass is 19.1. The van der Waals surface area contributed by atoms with Crippen LogP contribution in [0.2, 0.25) is 0 Å². The standard InChI is InChI=1S/C18H21FN2/c1-14-12-15-6-2-5-9-18(15)21(13-14)11-10-20-17-8-4-3-7-16(17)19/h2-9,14,20H,10-13H2,1H3. The summed E-state index contributed by atoms with van der Waals surface area (Å²) < 4.78 is 13.6. The van der Waals surface area contributed by atoms with E-state index in [2.05, 4.69) is 41.4 Å². The van der Waals surface area contributed by atoms with E-state index in [1.54, 1.807) is 12.1 Å². The molecule has 1 unspecified atom stereocenters. The highest BCUT2D eigenvalue weighted by Crippen LogP contribution is 2.29. The lowest BCUT2D eigenvalue weighted by Crippen LogP contribution is -2.37. The number of para-hydroxylation sites is 2. The summed E-state index contributed by atoms with van der Waals surface area (Å²) in [5.74, 6) is 0.471. The van der Waals surface area contributed by atoms with E-state index in [4.69, 9.17) is 0 Å². The maximum Gasteiger partial charge on any atom is 0.146 e. The van der Waals surface area contributed by atoms with Crippen molar-refractivity contribution >= 4 is 11.4 Å². The molecule has 0 radical (unpaired) electrons. The highest BCUT2D eigenvalue weighted by Gasteiger charge is 2.20. The van der Waals surface area contributed by atoms with Gasteiger partial charge in [0.1, 0.15) is 5.82 Å². The molecule has 3 rings (SSSR count). The summed E-state index contributed by atoms with van der Waals surface area (Å²) in [6, 6.07) is 15.4. The molecule has 1 atom stereocenters. The van der Waals surface area contributed by atoms with Gasteiger partial charge in [0.05, 0.1) is 5.69 Å². The summed E-state index contributed by atoms with van der Waals surface area (Å²) in [6.07, 6.45) is 1.15. The maximum atomic E-state index is 13.6. The Bertz CT molecular complexity index is 612. The lowest BCUT2D eigenvalue weighted by Gasteiger charge is -2.35. The van der Waals surface area contributed by atoms with Crippen molar-refractivity contribution in [2.24, 2.45) is 5.92 Å². The fourth-order valence-electron chi connectivity index (χ4n) is 3.05. The smallest absolute Gasteiger partial charge is 0.146 e. The molecule has 110 valence electrons. The molecule has 0 saturated heterocycles. The molecule has 21 heavy (non-hydrogen) atoms. The molecule has 1 N–H and O–H groups in total. The average Bonchev–Trinajstić information content (AvgIpc) is 2.49. The van der Waals surface area contributed by atoms with Gasteiger partial charge in [-0.15, -0.1) is 0 Å². The number of nitrogens with one attached hydrogen (secondary N) is 1. The minimum atomic E-state index is -0.190. The maximum absolute atomic E-state index is 13.6. The van der Waals surface area contributed by atoms with Gasteiger partial charge < -0.3 is 10.2 Å². The predicted molar refractivity (Wildman–Crippen MR) is 86.4 cm³/mol. The second-order valence-corrected chi connectivity index (χ2v) is 5.79. The van der Waals surface area contributed by atoms with Gasteiger partial charge in [0, 0.05) is 25.3 Å². The number of halogens is 1. The Kier molecular flexibility index (Phi) is 4.09. The Morgan fingerprint density at radius 3 is 2.76 bits per heavy atom. The Morgan fingerprint density at radius 1 is 1.14 bits per heavy atom. The number of anilines is 2. The van der Waals surface area contributed by atoms with E-state index in [1.807, 2.05) is 6.07 Å². The Hall–Kier alpha value is -2.03. The molecule has 2 aromatic rings. The summed E-state index contributed by atoms with van der Waals surface area (Å²) in [5, 5.41) is 3.19. The molecular weight excluding hydrogens is 263 g/mol. The van der Waals surface area contributed by atoms with Crippen molar-refractivity contribution in [3.8, 4) is 0 Å². The van der Waals surface area contributed by atoms with Crippen molar-refractivity contribution < 1.29 is 4.39 Å². The average molecular weight is 284 g/mol. The molecule has 1 heterocycles. The van der Waals surface area contributed by atoms with Crippen LogP contribution in [0.1, 0.15) is 12.5 Å². The van der Waals surface area contributed by atoms with Crippen molar-refractivity contribution in [2.75, 3.05) is 29.9 Å². The first-order valence-electron chi connectivity index (χ1n) is 7.55. The van der Waals surface area contributed by atoms with Crippen LogP contribution in [0.5, 0.6) is 0 Å². The van der Waals surface area contributed by atoms with E-state index in [9.17, 15) is 4.39 Å². The molecule has 1 aliphatic rings. The van der Waals surface area contributed by atoms with Crippen molar-refractivity contribution in [2.45, 2.75) is 13.3 Å². The van der Waals surface area contributed by atoms with Crippen molar-refractivity contribution in [3.63, 3.8) is 0 Å². The Morgan fingerprint density at radius 2 is 1.90 bits per heavy atom. The fraction of sp³-hybridized carbons (Fsp3) is 0.333. The van der Waals surface area contributed by atoms with Gasteiger partial charge in [-0.25, -0.2) is 4.39 Å². The normalized spacial score (nSPS) is 17.4. The largest absolute Gasteiger partial charge is 0.381 e. The second-order valence-electron chi connectivity index (χ2n) is 5.79. The number of benzene rings is 2. The van der Waals surface area contributed by atoms with Gasteiger partial charge in [-0.3, -0.25) is 0 Å². The molecule has 3 heteroatoms. The molecule has 1 aliphatic heterocycles. The van der Waals surface area contributed by atoms with Crippen LogP contribution < -0.4 is 10.2 Å². The van der Waals surface area contributed by atoms with Gasteiger partial charge in [0.25, 0.3) is 0 Å². The quantitative estimate of drug-likeness (QED) is 0.915. The first-order valence-corrected chi connectivity index (χ1v) is 7.55. The molecule has 0 aromatic heterocycles. The Balaban J connectivity index is 1.65. The van der Waals surface area contributed by atoms with E-state index >= 15 is 0 Å². The number of fused-ring (bicyclic) bond motifs is 1. The van der Waals surface area contributed by atoms with E-state index < -0.39 is 0 Å².